The second-order valence-corrected chi connectivity index (χ2v) is 7.84. The van der Waals surface area contributed by atoms with Crippen molar-refractivity contribution in [2.45, 2.75) is 33.6 Å². The Balaban J connectivity index is 2.73. The fourth-order valence-electron chi connectivity index (χ4n) is 1.97. The first kappa shape index (κ1) is 13.3. The van der Waals surface area contributed by atoms with Crippen LogP contribution in [0.5, 0.6) is 0 Å². The van der Waals surface area contributed by atoms with E-state index in [-0.39, 0.29) is 10.6 Å². The number of alkyl halides is 1. The molecular weight excluding hydrogens is 234 g/mol. The molecule has 0 aromatic carbocycles. The topological polar surface area (TPSA) is 37.4 Å². The van der Waals surface area contributed by atoms with Crippen molar-refractivity contribution in [3.63, 3.8) is 0 Å². The van der Waals surface area contributed by atoms with Crippen molar-refractivity contribution in [1.82, 2.24) is 4.31 Å². The van der Waals surface area contributed by atoms with Crippen molar-refractivity contribution in [2.24, 2.45) is 11.3 Å². The molecule has 1 rings (SSSR count). The lowest BCUT2D eigenvalue weighted by Gasteiger charge is -2.38. The molecule has 1 fully saturated rings. The van der Waals surface area contributed by atoms with E-state index in [1.807, 2.05) is 0 Å². The van der Waals surface area contributed by atoms with E-state index in [1.54, 1.807) is 4.31 Å². The van der Waals surface area contributed by atoms with Gasteiger partial charge < -0.3 is 0 Å². The average Bonchev–Trinajstić information content (AvgIpc) is 2.17. The van der Waals surface area contributed by atoms with Gasteiger partial charge in [-0.15, -0.1) is 11.6 Å². The predicted octanol–water partition coefficient (Wildman–Crippen LogP) is 2.27. The summed E-state index contributed by atoms with van der Waals surface area (Å²) in [5.74, 6) is 0.434. The fraction of sp³-hybridized carbons (Fsp3) is 1.00. The van der Waals surface area contributed by atoms with Gasteiger partial charge >= 0.3 is 0 Å². The maximum Gasteiger partial charge on any atom is 0.228 e. The lowest BCUT2D eigenvalue weighted by Crippen LogP contribution is -2.43. The molecule has 15 heavy (non-hydrogen) atoms. The molecule has 1 aliphatic rings. The van der Waals surface area contributed by atoms with E-state index in [0.29, 0.717) is 19.0 Å². The summed E-state index contributed by atoms with van der Waals surface area (Å²) in [4.78, 5) is 0. The van der Waals surface area contributed by atoms with E-state index in [2.05, 4.69) is 20.8 Å². The van der Waals surface area contributed by atoms with Crippen LogP contribution in [0.25, 0.3) is 0 Å². The highest BCUT2D eigenvalue weighted by molar-refractivity contribution is 7.90. The van der Waals surface area contributed by atoms with E-state index in [0.717, 1.165) is 12.8 Å². The molecule has 0 bridgehead atoms. The van der Waals surface area contributed by atoms with E-state index in [4.69, 9.17) is 11.6 Å². The molecular formula is C10H20ClNO2S. The Bertz CT molecular complexity index is 308. The van der Waals surface area contributed by atoms with Crippen molar-refractivity contribution in [2.75, 3.05) is 18.3 Å². The van der Waals surface area contributed by atoms with Crippen molar-refractivity contribution in [3.05, 3.63) is 0 Å². The highest BCUT2D eigenvalue weighted by Crippen LogP contribution is 2.34. The molecule has 0 aromatic rings. The summed E-state index contributed by atoms with van der Waals surface area (Å²) < 4.78 is 24.8. The number of halogens is 1. The smallest absolute Gasteiger partial charge is 0.211 e. The second-order valence-electron chi connectivity index (χ2n) is 5.28. The number of sulfonamides is 1. The van der Waals surface area contributed by atoms with Crippen molar-refractivity contribution in [3.8, 4) is 0 Å². The summed E-state index contributed by atoms with van der Waals surface area (Å²) in [5.41, 5.74) is 0.167. The van der Waals surface area contributed by atoms with Crippen LogP contribution >= 0.6 is 11.6 Å². The zero-order chi connectivity index (χ0) is 11.7. The SMILES string of the molecule is CC(C)(C)C1CCCN(S(=O)(=O)CCl)C1. The van der Waals surface area contributed by atoms with Gasteiger partial charge in [-0.1, -0.05) is 20.8 Å². The van der Waals surface area contributed by atoms with Gasteiger partial charge in [0.05, 0.1) is 0 Å². The zero-order valence-corrected chi connectivity index (χ0v) is 11.2. The molecule has 0 N–H and O–H groups in total. The van der Waals surface area contributed by atoms with Gasteiger partial charge in [0, 0.05) is 13.1 Å². The number of hydrogen-bond donors (Lipinski definition) is 0. The minimum atomic E-state index is -3.22. The summed E-state index contributed by atoms with van der Waals surface area (Å²) in [6.07, 6.45) is 2.05. The summed E-state index contributed by atoms with van der Waals surface area (Å²) in [5, 5.41) is -0.302. The Hall–Kier alpha value is 0.200. The van der Waals surface area contributed by atoms with Gasteiger partial charge in [-0.05, 0) is 24.2 Å². The van der Waals surface area contributed by atoms with Crippen LogP contribution in [-0.2, 0) is 10.0 Å². The van der Waals surface area contributed by atoms with Gasteiger partial charge in [0.1, 0.15) is 5.21 Å². The molecule has 1 heterocycles. The second kappa shape index (κ2) is 4.60. The molecule has 5 heteroatoms. The number of rotatable bonds is 2. The standard InChI is InChI=1S/C10H20ClNO2S/c1-10(2,3)9-5-4-6-12(7-9)15(13,14)8-11/h9H,4-8H2,1-3H3. The molecule has 0 radical (unpaired) electrons. The quantitative estimate of drug-likeness (QED) is 0.708. The van der Waals surface area contributed by atoms with Crippen molar-refractivity contribution >= 4 is 21.6 Å². The van der Waals surface area contributed by atoms with E-state index in [1.165, 1.54) is 0 Å². The molecule has 1 aliphatic heterocycles. The number of nitrogens with zero attached hydrogens (tertiary/aromatic N) is 1. The lowest BCUT2D eigenvalue weighted by molar-refractivity contribution is 0.148. The lowest BCUT2D eigenvalue weighted by atomic mass is 9.77. The van der Waals surface area contributed by atoms with Gasteiger partial charge in [-0.3, -0.25) is 0 Å². The largest absolute Gasteiger partial charge is 0.228 e. The molecule has 0 saturated carbocycles. The minimum Gasteiger partial charge on any atom is -0.211 e. The van der Waals surface area contributed by atoms with Crippen LogP contribution in [0.4, 0.5) is 0 Å². The summed E-state index contributed by atoms with van der Waals surface area (Å²) in [7, 11) is -3.22. The fourth-order valence-corrected chi connectivity index (χ4v) is 3.34. The maximum absolute atomic E-state index is 11.6. The van der Waals surface area contributed by atoms with Crippen LogP contribution in [0.2, 0.25) is 0 Å². The molecule has 3 nitrogen and oxygen atoms in total. The minimum absolute atomic E-state index is 0.167. The molecule has 0 spiro atoms. The van der Waals surface area contributed by atoms with E-state index < -0.39 is 10.0 Å². The summed E-state index contributed by atoms with van der Waals surface area (Å²) in [6.45, 7) is 7.73. The normalized spacial score (nSPS) is 25.5. The highest BCUT2D eigenvalue weighted by atomic mass is 35.5. The first-order chi connectivity index (χ1) is 6.77. The molecule has 0 aliphatic carbocycles. The van der Waals surface area contributed by atoms with Crippen LogP contribution in [0.15, 0.2) is 0 Å². The first-order valence-electron chi connectivity index (χ1n) is 5.31. The van der Waals surface area contributed by atoms with Crippen molar-refractivity contribution < 1.29 is 8.42 Å². The van der Waals surface area contributed by atoms with Crippen LogP contribution < -0.4 is 0 Å². The Labute approximate surface area is 97.8 Å². The Morgan fingerprint density at radius 1 is 1.40 bits per heavy atom. The average molecular weight is 254 g/mol. The predicted molar refractivity (Wildman–Crippen MR) is 63.4 cm³/mol. The monoisotopic (exact) mass is 253 g/mol. The van der Waals surface area contributed by atoms with Crippen LogP contribution in [-0.4, -0.2) is 31.0 Å². The van der Waals surface area contributed by atoms with Crippen LogP contribution in [0.3, 0.4) is 0 Å². The molecule has 1 saturated heterocycles. The first-order valence-corrected chi connectivity index (χ1v) is 7.45. The van der Waals surface area contributed by atoms with Gasteiger partial charge in [0.2, 0.25) is 10.0 Å². The third-order valence-electron chi connectivity index (χ3n) is 3.14. The van der Waals surface area contributed by atoms with E-state index in [9.17, 15) is 8.42 Å². The van der Waals surface area contributed by atoms with Gasteiger partial charge in [-0.2, -0.15) is 0 Å². The van der Waals surface area contributed by atoms with Crippen LogP contribution in [0.1, 0.15) is 33.6 Å². The molecule has 1 unspecified atom stereocenters. The number of piperidine rings is 1. The maximum atomic E-state index is 11.6. The molecule has 0 aromatic heterocycles. The molecule has 90 valence electrons. The third kappa shape index (κ3) is 3.33. The Morgan fingerprint density at radius 2 is 2.00 bits per heavy atom. The van der Waals surface area contributed by atoms with Gasteiger partial charge in [0.25, 0.3) is 0 Å². The van der Waals surface area contributed by atoms with Crippen LogP contribution in [0, 0.1) is 11.3 Å². The molecule has 1 atom stereocenters. The van der Waals surface area contributed by atoms with Gasteiger partial charge in [0.15, 0.2) is 0 Å². The third-order valence-corrected chi connectivity index (χ3v) is 5.36. The Kier molecular flexibility index (Phi) is 4.07. The Morgan fingerprint density at radius 3 is 2.47 bits per heavy atom. The zero-order valence-electron chi connectivity index (χ0n) is 9.66. The van der Waals surface area contributed by atoms with Gasteiger partial charge in [-0.25, -0.2) is 12.7 Å². The summed E-state index contributed by atoms with van der Waals surface area (Å²) >= 11 is 5.46. The highest BCUT2D eigenvalue weighted by Gasteiger charge is 2.33. The molecule has 0 amide bonds. The number of hydrogen-bond acceptors (Lipinski definition) is 2. The summed E-state index contributed by atoms with van der Waals surface area (Å²) in [6, 6.07) is 0. The van der Waals surface area contributed by atoms with Crippen molar-refractivity contribution in [1.29, 1.82) is 0 Å². The van der Waals surface area contributed by atoms with E-state index >= 15 is 0 Å².